The molecule has 0 aromatic heterocycles. The first-order valence-corrected chi connectivity index (χ1v) is 4.73. The molecule has 0 unspecified atom stereocenters. The molecule has 2 N–H and O–H groups in total. The first kappa shape index (κ1) is 11.5. The molecule has 0 saturated carbocycles. The van der Waals surface area contributed by atoms with Crippen LogP contribution in [0.1, 0.15) is 35.7 Å². The van der Waals surface area contributed by atoms with Crippen LogP contribution in [0.4, 0.5) is 0 Å². The Hall–Kier alpha value is -1.55. The summed E-state index contributed by atoms with van der Waals surface area (Å²) in [6, 6.07) is 5.08. The normalized spacial score (nSPS) is 10.4. The number of rotatable bonds is 3. The lowest BCUT2D eigenvalue weighted by atomic mass is 9.99. The summed E-state index contributed by atoms with van der Waals surface area (Å²) in [6.45, 7) is 3.90. The molecule has 1 rings (SSSR count). The Morgan fingerprint density at radius 3 is 2.67 bits per heavy atom. The van der Waals surface area contributed by atoms with E-state index in [4.69, 9.17) is 0 Å². The lowest BCUT2D eigenvalue weighted by Gasteiger charge is -2.11. The highest BCUT2D eigenvalue weighted by Crippen LogP contribution is 2.28. The van der Waals surface area contributed by atoms with Crippen molar-refractivity contribution in [2.24, 2.45) is 0 Å². The molecule has 0 spiro atoms. The average Bonchev–Trinajstić information content (AvgIpc) is 2.17. The maximum Gasteiger partial charge on any atom is 0.278 e. The first-order chi connectivity index (χ1) is 7.07. The van der Waals surface area contributed by atoms with E-state index in [-0.39, 0.29) is 17.2 Å². The van der Waals surface area contributed by atoms with Gasteiger partial charge in [-0.05, 0) is 17.5 Å². The number of hydrogen-bond acceptors (Lipinski definition) is 3. The second-order valence-corrected chi connectivity index (χ2v) is 3.53. The second-order valence-electron chi connectivity index (χ2n) is 3.53. The van der Waals surface area contributed by atoms with Crippen LogP contribution in [0, 0.1) is 0 Å². The smallest absolute Gasteiger partial charge is 0.278 e. The van der Waals surface area contributed by atoms with Crippen LogP contribution < -0.4 is 5.48 Å². The number of hydrogen-bond donors (Lipinski definition) is 2. The molecule has 4 nitrogen and oxygen atoms in total. The van der Waals surface area contributed by atoms with Gasteiger partial charge in [0.15, 0.2) is 0 Å². The zero-order valence-electron chi connectivity index (χ0n) is 9.07. The standard InChI is InChI=1S/C11H15NO3/c1-7(2)8-5-4-6-9(10(8)13)11(14)12-15-3/h4-7,13H,1-3H3,(H,12,14). The number of phenols is 1. The van der Waals surface area contributed by atoms with Gasteiger partial charge in [-0.3, -0.25) is 9.63 Å². The monoisotopic (exact) mass is 209 g/mol. The van der Waals surface area contributed by atoms with Crippen molar-refractivity contribution in [1.29, 1.82) is 0 Å². The van der Waals surface area contributed by atoms with Crippen LogP contribution in [0.15, 0.2) is 18.2 Å². The number of carbonyl (C=O) groups excluding carboxylic acids is 1. The van der Waals surface area contributed by atoms with Gasteiger partial charge in [0.1, 0.15) is 5.75 Å². The third kappa shape index (κ3) is 2.47. The number of nitrogens with one attached hydrogen (secondary N) is 1. The Bertz CT molecular complexity index is 361. The van der Waals surface area contributed by atoms with Gasteiger partial charge in [0, 0.05) is 0 Å². The molecule has 4 heteroatoms. The summed E-state index contributed by atoms with van der Waals surface area (Å²) >= 11 is 0. The van der Waals surface area contributed by atoms with E-state index in [2.05, 4.69) is 10.3 Å². The minimum absolute atomic E-state index is 0.0158. The van der Waals surface area contributed by atoms with Gasteiger partial charge in [-0.1, -0.05) is 26.0 Å². The van der Waals surface area contributed by atoms with Gasteiger partial charge in [-0.25, -0.2) is 5.48 Å². The molecule has 1 aromatic carbocycles. The molecule has 0 aliphatic rings. The van der Waals surface area contributed by atoms with Crippen molar-refractivity contribution in [3.05, 3.63) is 29.3 Å². The van der Waals surface area contributed by atoms with Crippen LogP contribution in [0.25, 0.3) is 0 Å². The maximum atomic E-state index is 11.4. The molecule has 15 heavy (non-hydrogen) atoms. The molecule has 0 fully saturated rings. The summed E-state index contributed by atoms with van der Waals surface area (Å²) in [5, 5.41) is 9.84. The van der Waals surface area contributed by atoms with E-state index in [1.165, 1.54) is 7.11 Å². The van der Waals surface area contributed by atoms with E-state index < -0.39 is 5.91 Å². The highest BCUT2D eigenvalue weighted by molar-refractivity contribution is 5.96. The number of amides is 1. The topological polar surface area (TPSA) is 58.6 Å². The maximum absolute atomic E-state index is 11.4. The van der Waals surface area contributed by atoms with Crippen LogP contribution in [-0.4, -0.2) is 18.1 Å². The van der Waals surface area contributed by atoms with E-state index in [0.29, 0.717) is 0 Å². The molecule has 0 saturated heterocycles. The molecule has 0 aliphatic heterocycles. The van der Waals surface area contributed by atoms with Gasteiger partial charge >= 0.3 is 0 Å². The summed E-state index contributed by atoms with van der Waals surface area (Å²) in [6.07, 6.45) is 0. The Labute approximate surface area is 88.8 Å². The summed E-state index contributed by atoms with van der Waals surface area (Å²) in [4.78, 5) is 15.9. The number of para-hydroxylation sites is 1. The molecular formula is C11H15NO3. The van der Waals surface area contributed by atoms with Crippen LogP contribution in [-0.2, 0) is 4.84 Å². The Kier molecular flexibility index (Phi) is 3.68. The fraction of sp³-hybridized carbons (Fsp3) is 0.364. The quantitative estimate of drug-likeness (QED) is 0.746. The van der Waals surface area contributed by atoms with Crippen molar-refractivity contribution >= 4 is 5.91 Å². The van der Waals surface area contributed by atoms with Crippen molar-refractivity contribution in [3.63, 3.8) is 0 Å². The fourth-order valence-corrected chi connectivity index (χ4v) is 1.36. The van der Waals surface area contributed by atoms with E-state index >= 15 is 0 Å². The molecule has 82 valence electrons. The van der Waals surface area contributed by atoms with Crippen LogP contribution in [0.2, 0.25) is 0 Å². The number of phenolic OH excluding ortho intramolecular Hbond substituents is 1. The van der Waals surface area contributed by atoms with Crippen molar-refractivity contribution in [2.75, 3.05) is 7.11 Å². The average molecular weight is 209 g/mol. The van der Waals surface area contributed by atoms with Gasteiger partial charge in [0.05, 0.1) is 12.7 Å². The van der Waals surface area contributed by atoms with Gasteiger partial charge in [-0.2, -0.15) is 0 Å². The Morgan fingerprint density at radius 2 is 2.13 bits per heavy atom. The molecule has 0 radical (unpaired) electrons. The first-order valence-electron chi connectivity index (χ1n) is 4.73. The second kappa shape index (κ2) is 4.79. The molecule has 1 aromatic rings. The number of aromatic hydroxyl groups is 1. The fourth-order valence-electron chi connectivity index (χ4n) is 1.36. The SMILES string of the molecule is CONC(=O)c1cccc(C(C)C)c1O. The van der Waals surface area contributed by atoms with Gasteiger partial charge in [0.2, 0.25) is 0 Å². The molecule has 0 heterocycles. The largest absolute Gasteiger partial charge is 0.507 e. The predicted molar refractivity (Wildman–Crippen MR) is 56.7 cm³/mol. The van der Waals surface area contributed by atoms with Crippen LogP contribution in [0.5, 0.6) is 5.75 Å². The van der Waals surface area contributed by atoms with Gasteiger partial charge in [0.25, 0.3) is 5.91 Å². The lowest BCUT2D eigenvalue weighted by Crippen LogP contribution is -2.22. The predicted octanol–water partition coefficient (Wildman–Crippen LogP) is 1.81. The summed E-state index contributed by atoms with van der Waals surface area (Å²) in [5.74, 6) is -0.264. The summed E-state index contributed by atoms with van der Waals surface area (Å²) < 4.78 is 0. The Balaban J connectivity index is 3.09. The van der Waals surface area contributed by atoms with Gasteiger partial charge < -0.3 is 5.11 Å². The van der Waals surface area contributed by atoms with Crippen molar-refractivity contribution < 1.29 is 14.7 Å². The minimum Gasteiger partial charge on any atom is -0.507 e. The zero-order chi connectivity index (χ0) is 11.4. The summed E-state index contributed by atoms with van der Waals surface area (Å²) in [7, 11) is 1.35. The molecule has 0 atom stereocenters. The number of benzene rings is 1. The highest BCUT2D eigenvalue weighted by Gasteiger charge is 2.15. The van der Waals surface area contributed by atoms with E-state index in [1.54, 1.807) is 18.2 Å². The van der Waals surface area contributed by atoms with E-state index in [0.717, 1.165) is 5.56 Å². The number of hydroxylamine groups is 1. The molecular weight excluding hydrogens is 194 g/mol. The van der Waals surface area contributed by atoms with Crippen molar-refractivity contribution in [2.45, 2.75) is 19.8 Å². The van der Waals surface area contributed by atoms with E-state index in [1.807, 2.05) is 13.8 Å². The third-order valence-corrected chi connectivity index (χ3v) is 2.13. The van der Waals surface area contributed by atoms with Crippen LogP contribution in [0.3, 0.4) is 0 Å². The van der Waals surface area contributed by atoms with Crippen LogP contribution >= 0.6 is 0 Å². The number of carbonyl (C=O) groups is 1. The summed E-state index contributed by atoms with van der Waals surface area (Å²) in [5.41, 5.74) is 3.14. The third-order valence-electron chi connectivity index (χ3n) is 2.13. The minimum atomic E-state index is -0.447. The van der Waals surface area contributed by atoms with Crippen molar-refractivity contribution in [1.82, 2.24) is 5.48 Å². The molecule has 0 bridgehead atoms. The lowest BCUT2D eigenvalue weighted by molar-refractivity contribution is 0.0535. The molecule has 0 aliphatic carbocycles. The molecule has 1 amide bonds. The zero-order valence-corrected chi connectivity index (χ0v) is 9.07. The van der Waals surface area contributed by atoms with Gasteiger partial charge in [-0.15, -0.1) is 0 Å². The Morgan fingerprint density at radius 1 is 1.47 bits per heavy atom. The van der Waals surface area contributed by atoms with E-state index in [9.17, 15) is 9.90 Å². The van der Waals surface area contributed by atoms with Crippen molar-refractivity contribution in [3.8, 4) is 5.75 Å². The highest BCUT2D eigenvalue weighted by atomic mass is 16.6.